The fraction of sp³-hybridized carbons (Fsp3) is 0.562. The molecule has 0 aliphatic carbocycles. The van der Waals surface area contributed by atoms with Crippen LogP contribution in [-0.4, -0.2) is 25.5 Å². The van der Waals surface area contributed by atoms with E-state index >= 15 is 0 Å². The quantitative estimate of drug-likeness (QED) is 0.760. The zero-order valence-corrected chi connectivity index (χ0v) is 13.8. The summed E-state index contributed by atoms with van der Waals surface area (Å²) < 4.78 is 0. The van der Waals surface area contributed by atoms with E-state index in [9.17, 15) is 4.79 Å². The van der Waals surface area contributed by atoms with Crippen molar-refractivity contribution < 1.29 is 4.79 Å². The Hall–Kier alpha value is -1.06. The van der Waals surface area contributed by atoms with Gasteiger partial charge in [-0.05, 0) is 37.9 Å². The highest BCUT2D eigenvalue weighted by atomic mass is 35.5. The third-order valence-corrected chi connectivity index (χ3v) is 3.49. The van der Waals surface area contributed by atoms with Crippen LogP contribution in [-0.2, 0) is 16.6 Å². The smallest absolute Gasteiger partial charge is 0.230 e. The fourth-order valence-corrected chi connectivity index (χ4v) is 1.95. The van der Waals surface area contributed by atoms with Crippen molar-refractivity contribution in [2.75, 3.05) is 19.6 Å². The first-order valence-corrected chi connectivity index (χ1v) is 7.10. The normalized spacial score (nSPS) is 10.8. The van der Waals surface area contributed by atoms with E-state index in [1.54, 1.807) is 0 Å². The van der Waals surface area contributed by atoms with Gasteiger partial charge < -0.3 is 10.6 Å². The predicted octanol–water partition coefficient (Wildman–Crippen LogP) is 2.67. The molecule has 0 radical (unpaired) electrons. The van der Waals surface area contributed by atoms with Crippen molar-refractivity contribution in [3.05, 3.63) is 35.4 Å². The van der Waals surface area contributed by atoms with Crippen LogP contribution in [0.25, 0.3) is 0 Å². The van der Waals surface area contributed by atoms with Crippen LogP contribution in [0.4, 0.5) is 0 Å². The molecule has 4 heteroatoms. The molecule has 0 saturated heterocycles. The highest BCUT2D eigenvalue weighted by Gasteiger charge is 2.29. The number of hydrogen-bond acceptors (Lipinski definition) is 2. The number of aryl methyl sites for hydroxylation is 1. The number of benzene rings is 1. The van der Waals surface area contributed by atoms with Gasteiger partial charge in [0, 0.05) is 13.1 Å². The standard InChI is InChI=1S/C16H26N2O.ClH/c1-5-13-7-9-14(10-8-13)16(3,4)15(19)18-12-11-17-6-2;/h7-10,17H,5-6,11-12H2,1-4H3,(H,18,19);1H. The van der Waals surface area contributed by atoms with Crippen molar-refractivity contribution in [2.24, 2.45) is 0 Å². The van der Waals surface area contributed by atoms with Crippen molar-refractivity contribution in [3.8, 4) is 0 Å². The van der Waals surface area contributed by atoms with Gasteiger partial charge >= 0.3 is 0 Å². The van der Waals surface area contributed by atoms with E-state index in [4.69, 9.17) is 0 Å². The highest BCUT2D eigenvalue weighted by molar-refractivity contribution is 5.87. The van der Waals surface area contributed by atoms with Crippen LogP contribution < -0.4 is 10.6 Å². The lowest BCUT2D eigenvalue weighted by Gasteiger charge is -2.24. The Labute approximate surface area is 128 Å². The van der Waals surface area contributed by atoms with E-state index < -0.39 is 5.41 Å². The molecule has 1 rings (SSSR count). The van der Waals surface area contributed by atoms with Crippen LogP contribution in [0.15, 0.2) is 24.3 Å². The second-order valence-electron chi connectivity index (χ2n) is 5.28. The van der Waals surface area contributed by atoms with E-state index in [1.807, 2.05) is 13.8 Å². The Morgan fingerprint density at radius 3 is 2.20 bits per heavy atom. The summed E-state index contributed by atoms with van der Waals surface area (Å²) in [6.45, 7) is 10.5. The average Bonchev–Trinajstić information content (AvgIpc) is 2.43. The van der Waals surface area contributed by atoms with E-state index in [-0.39, 0.29) is 18.3 Å². The Balaban J connectivity index is 0.00000361. The summed E-state index contributed by atoms with van der Waals surface area (Å²) in [6.07, 6.45) is 1.02. The molecule has 0 heterocycles. The largest absolute Gasteiger partial charge is 0.354 e. The number of carbonyl (C=O) groups is 1. The number of carbonyl (C=O) groups excluding carboxylic acids is 1. The molecular formula is C16H27ClN2O. The Bertz CT molecular complexity index is 401. The highest BCUT2D eigenvalue weighted by Crippen LogP contribution is 2.23. The summed E-state index contributed by atoms with van der Waals surface area (Å²) in [6, 6.07) is 8.32. The summed E-state index contributed by atoms with van der Waals surface area (Å²) >= 11 is 0. The van der Waals surface area contributed by atoms with E-state index in [2.05, 4.69) is 48.7 Å². The van der Waals surface area contributed by atoms with E-state index in [1.165, 1.54) is 5.56 Å². The van der Waals surface area contributed by atoms with Crippen LogP contribution in [0.2, 0.25) is 0 Å². The molecule has 3 nitrogen and oxygen atoms in total. The molecule has 1 amide bonds. The third-order valence-electron chi connectivity index (χ3n) is 3.49. The van der Waals surface area contributed by atoms with Crippen LogP contribution in [0, 0.1) is 0 Å². The summed E-state index contributed by atoms with van der Waals surface area (Å²) in [7, 11) is 0. The molecule has 0 aliphatic rings. The molecule has 114 valence electrons. The van der Waals surface area contributed by atoms with Crippen molar-refractivity contribution in [1.29, 1.82) is 0 Å². The summed E-state index contributed by atoms with van der Waals surface area (Å²) in [5.41, 5.74) is 1.87. The van der Waals surface area contributed by atoms with Gasteiger partial charge in [0.25, 0.3) is 0 Å². The number of amides is 1. The van der Waals surface area contributed by atoms with Gasteiger partial charge in [0.2, 0.25) is 5.91 Å². The molecule has 0 fully saturated rings. The molecule has 0 aliphatic heterocycles. The molecule has 0 unspecified atom stereocenters. The van der Waals surface area contributed by atoms with E-state index in [0.717, 1.165) is 25.1 Å². The first-order chi connectivity index (χ1) is 9.02. The van der Waals surface area contributed by atoms with Gasteiger partial charge in [0.1, 0.15) is 0 Å². The Kier molecular flexibility index (Phi) is 8.51. The third kappa shape index (κ3) is 5.14. The van der Waals surface area contributed by atoms with Gasteiger partial charge in [0.15, 0.2) is 0 Å². The van der Waals surface area contributed by atoms with Gasteiger partial charge in [-0.15, -0.1) is 12.4 Å². The predicted molar refractivity (Wildman–Crippen MR) is 87.6 cm³/mol. The van der Waals surface area contributed by atoms with Crippen molar-refractivity contribution in [1.82, 2.24) is 10.6 Å². The lowest BCUT2D eigenvalue weighted by Crippen LogP contribution is -2.42. The number of halogens is 1. The second-order valence-corrected chi connectivity index (χ2v) is 5.28. The molecule has 0 atom stereocenters. The molecule has 1 aromatic rings. The van der Waals surface area contributed by atoms with Crippen LogP contribution >= 0.6 is 12.4 Å². The molecule has 0 spiro atoms. The van der Waals surface area contributed by atoms with E-state index in [0.29, 0.717) is 6.54 Å². The minimum absolute atomic E-state index is 0. The summed E-state index contributed by atoms with van der Waals surface area (Å²) in [5, 5.41) is 6.18. The number of hydrogen-bond donors (Lipinski definition) is 2. The van der Waals surface area contributed by atoms with Crippen molar-refractivity contribution >= 4 is 18.3 Å². The fourth-order valence-electron chi connectivity index (χ4n) is 1.95. The molecule has 0 bridgehead atoms. The Morgan fingerprint density at radius 1 is 1.10 bits per heavy atom. The maximum Gasteiger partial charge on any atom is 0.230 e. The minimum Gasteiger partial charge on any atom is -0.354 e. The first kappa shape index (κ1) is 18.9. The summed E-state index contributed by atoms with van der Waals surface area (Å²) in [5.74, 6) is 0.0784. The van der Waals surface area contributed by atoms with Gasteiger partial charge in [-0.2, -0.15) is 0 Å². The molecule has 20 heavy (non-hydrogen) atoms. The molecule has 0 aromatic heterocycles. The maximum absolute atomic E-state index is 12.2. The first-order valence-electron chi connectivity index (χ1n) is 7.10. The lowest BCUT2D eigenvalue weighted by atomic mass is 9.83. The lowest BCUT2D eigenvalue weighted by molar-refractivity contribution is -0.125. The summed E-state index contributed by atoms with van der Waals surface area (Å²) in [4.78, 5) is 12.2. The minimum atomic E-state index is -0.488. The molecular weight excluding hydrogens is 272 g/mol. The van der Waals surface area contributed by atoms with Crippen LogP contribution in [0.5, 0.6) is 0 Å². The average molecular weight is 299 g/mol. The number of nitrogens with one attached hydrogen (secondary N) is 2. The van der Waals surface area contributed by atoms with Crippen molar-refractivity contribution in [2.45, 2.75) is 39.5 Å². The zero-order chi connectivity index (χ0) is 14.3. The Morgan fingerprint density at radius 2 is 1.70 bits per heavy atom. The van der Waals surface area contributed by atoms with Gasteiger partial charge in [0.05, 0.1) is 5.41 Å². The topological polar surface area (TPSA) is 41.1 Å². The van der Waals surface area contributed by atoms with Crippen LogP contribution in [0.3, 0.4) is 0 Å². The number of rotatable bonds is 7. The van der Waals surface area contributed by atoms with Gasteiger partial charge in [-0.1, -0.05) is 38.1 Å². The second kappa shape index (κ2) is 8.98. The molecule has 0 saturated carbocycles. The van der Waals surface area contributed by atoms with Gasteiger partial charge in [-0.3, -0.25) is 4.79 Å². The SMILES string of the molecule is CCNCCNC(=O)C(C)(C)c1ccc(CC)cc1.Cl. The van der Waals surface area contributed by atoms with Crippen LogP contribution in [0.1, 0.15) is 38.8 Å². The van der Waals surface area contributed by atoms with Crippen molar-refractivity contribution in [3.63, 3.8) is 0 Å². The molecule has 2 N–H and O–H groups in total. The monoisotopic (exact) mass is 298 g/mol. The number of likely N-dealkylation sites (N-methyl/N-ethyl adjacent to an activating group) is 1. The maximum atomic E-state index is 12.2. The zero-order valence-electron chi connectivity index (χ0n) is 13.0. The van der Waals surface area contributed by atoms with Gasteiger partial charge in [-0.25, -0.2) is 0 Å². The molecule has 1 aromatic carbocycles.